The van der Waals surface area contributed by atoms with Gasteiger partial charge in [-0.15, -0.1) is 0 Å². The van der Waals surface area contributed by atoms with Crippen LogP contribution in [0.5, 0.6) is 0 Å². The molecule has 1 fully saturated rings. The minimum atomic E-state index is 0.109. The summed E-state index contributed by atoms with van der Waals surface area (Å²) in [5, 5.41) is 12.8. The first-order valence-corrected chi connectivity index (χ1v) is 7.53. The lowest BCUT2D eigenvalue weighted by molar-refractivity contribution is -0.131. The molecule has 0 aliphatic carbocycles. The van der Waals surface area contributed by atoms with E-state index in [-0.39, 0.29) is 5.91 Å². The van der Waals surface area contributed by atoms with E-state index in [1.807, 2.05) is 0 Å². The predicted molar refractivity (Wildman–Crippen MR) is 75.7 cm³/mol. The summed E-state index contributed by atoms with van der Waals surface area (Å²) in [5.41, 5.74) is 1.33. The van der Waals surface area contributed by atoms with Crippen molar-refractivity contribution in [3.63, 3.8) is 0 Å². The molecule has 5 heteroatoms. The number of amides is 1. The summed E-state index contributed by atoms with van der Waals surface area (Å²) in [7, 11) is 1.77. The maximum absolute atomic E-state index is 12.1. The van der Waals surface area contributed by atoms with Crippen LogP contribution in [0.3, 0.4) is 0 Å². The van der Waals surface area contributed by atoms with Crippen LogP contribution in [0.4, 0.5) is 0 Å². The lowest BCUT2D eigenvalue weighted by Crippen LogP contribution is -2.38. The molecule has 0 radical (unpaired) electrons. The highest BCUT2D eigenvalue weighted by atomic mass is 32.1. The van der Waals surface area contributed by atoms with Gasteiger partial charge in [-0.3, -0.25) is 9.69 Å². The van der Waals surface area contributed by atoms with Crippen molar-refractivity contribution >= 4 is 17.2 Å². The van der Waals surface area contributed by atoms with E-state index >= 15 is 0 Å². The molecular formula is C14H19N3OS. The van der Waals surface area contributed by atoms with Gasteiger partial charge in [-0.2, -0.15) is 16.6 Å². The van der Waals surface area contributed by atoms with Crippen molar-refractivity contribution < 1.29 is 4.79 Å². The van der Waals surface area contributed by atoms with Crippen molar-refractivity contribution in [3.05, 3.63) is 22.4 Å². The Bertz CT molecular complexity index is 452. The minimum Gasteiger partial charge on any atom is -0.344 e. The first-order valence-electron chi connectivity index (χ1n) is 6.59. The van der Waals surface area contributed by atoms with Gasteiger partial charge < -0.3 is 4.90 Å². The average molecular weight is 277 g/mol. The fourth-order valence-electron chi connectivity index (χ4n) is 2.49. The molecule has 4 nitrogen and oxygen atoms in total. The fourth-order valence-corrected chi connectivity index (χ4v) is 3.20. The number of thiophene rings is 1. The molecule has 1 saturated heterocycles. The average Bonchev–Trinajstić information content (AvgIpc) is 3.05. The Balaban J connectivity index is 1.91. The SMILES string of the molecule is CN(CCC#N)C(=O)CN1CCC[C@H]1c1ccsc1. The molecule has 1 atom stereocenters. The molecule has 19 heavy (non-hydrogen) atoms. The van der Waals surface area contributed by atoms with Crippen molar-refractivity contribution in [2.24, 2.45) is 0 Å². The van der Waals surface area contributed by atoms with Gasteiger partial charge in [0.1, 0.15) is 0 Å². The van der Waals surface area contributed by atoms with Crippen LogP contribution in [0.25, 0.3) is 0 Å². The molecule has 2 heterocycles. The molecule has 2 rings (SSSR count). The topological polar surface area (TPSA) is 47.3 Å². The van der Waals surface area contributed by atoms with E-state index in [0.29, 0.717) is 25.6 Å². The lowest BCUT2D eigenvalue weighted by Gasteiger charge is -2.25. The highest BCUT2D eigenvalue weighted by molar-refractivity contribution is 7.07. The summed E-state index contributed by atoms with van der Waals surface area (Å²) < 4.78 is 0. The number of rotatable bonds is 5. The highest BCUT2D eigenvalue weighted by Gasteiger charge is 2.28. The van der Waals surface area contributed by atoms with E-state index in [0.717, 1.165) is 19.4 Å². The first-order chi connectivity index (χ1) is 9.22. The molecule has 0 unspecified atom stereocenters. The van der Waals surface area contributed by atoms with Gasteiger partial charge in [0.25, 0.3) is 0 Å². The van der Waals surface area contributed by atoms with Gasteiger partial charge in [-0.05, 0) is 41.8 Å². The third-order valence-electron chi connectivity index (χ3n) is 3.61. The van der Waals surface area contributed by atoms with Crippen LogP contribution >= 0.6 is 11.3 Å². The number of likely N-dealkylation sites (tertiary alicyclic amines) is 1. The minimum absolute atomic E-state index is 0.109. The molecule has 1 aliphatic rings. The molecule has 0 spiro atoms. The Morgan fingerprint density at radius 2 is 2.53 bits per heavy atom. The van der Waals surface area contributed by atoms with Gasteiger partial charge in [0.2, 0.25) is 5.91 Å². The summed E-state index contributed by atoms with van der Waals surface area (Å²) in [6.45, 7) is 1.97. The maximum Gasteiger partial charge on any atom is 0.236 e. The van der Waals surface area contributed by atoms with Crippen LogP contribution in [0.2, 0.25) is 0 Å². The summed E-state index contributed by atoms with van der Waals surface area (Å²) in [4.78, 5) is 16.0. The highest BCUT2D eigenvalue weighted by Crippen LogP contribution is 2.32. The number of carbonyl (C=O) groups excluding carboxylic acids is 1. The van der Waals surface area contributed by atoms with Crippen LogP contribution in [0.1, 0.15) is 30.9 Å². The summed E-state index contributed by atoms with van der Waals surface area (Å²) in [5.74, 6) is 0.109. The van der Waals surface area contributed by atoms with Crippen LogP contribution in [-0.4, -0.2) is 42.4 Å². The van der Waals surface area contributed by atoms with Crippen molar-refractivity contribution in [2.45, 2.75) is 25.3 Å². The monoisotopic (exact) mass is 277 g/mol. The van der Waals surface area contributed by atoms with E-state index in [2.05, 4.69) is 27.8 Å². The number of nitrogens with zero attached hydrogens (tertiary/aromatic N) is 3. The van der Waals surface area contributed by atoms with Gasteiger partial charge in [0.05, 0.1) is 19.0 Å². The van der Waals surface area contributed by atoms with Crippen LogP contribution in [0.15, 0.2) is 16.8 Å². The number of nitriles is 1. The molecule has 1 aliphatic heterocycles. The Morgan fingerprint density at radius 3 is 3.21 bits per heavy atom. The Labute approximate surface area is 118 Å². The van der Waals surface area contributed by atoms with Crippen LogP contribution in [0, 0.1) is 11.3 Å². The van der Waals surface area contributed by atoms with Crippen molar-refractivity contribution in [2.75, 3.05) is 26.7 Å². The van der Waals surface area contributed by atoms with E-state index in [1.54, 1.807) is 23.3 Å². The molecule has 1 aromatic heterocycles. The molecule has 1 aromatic rings. The van der Waals surface area contributed by atoms with Crippen molar-refractivity contribution in [1.29, 1.82) is 5.26 Å². The molecule has 102 valence electrons. The van der Waals surface area contributed by atoms with Gasteiger partial charge in [-0.25, -0.2) is 0 Å². The van der Waals surface area contributed by atoms with Crippen molar-refractivity contribution in [1.82, 2.24) is 9.80 Å². The second kappa shape index (κ2) is 6.69. The third-order valence-corrected chi connectivity index (χ3v) is 4.32. The first kappa shape index (κ1) is 14.0. The second-order valence-electron chi connectivity index (χ2n) is 4.91. The summed E-state index contributed by atoms with van der Waals surface area (Å²) >= 11 is 1.71. The maximum atomic E-state index is 12.1. The van der Waals surface area contributed by atoms with Crippen LogP contribution in [-0.2, 0) is 4.79 Å². The molecule has 1 amide bonds. The van der Waals surface area contributed by atoms with Gasteiger partial charge in [-0.1, -0.05) is 0 Å². The summed E-state index contributed by atoms with van der Waals surface area (Å²) in [6, 6.07) is 4.61. The zero-order valence-electron chi connectivity index (χ0n) is 11.2. The zero-order valence-corrected chi connectivity index (χ0v) is 12.0. The normalized spacial score (nSPS) is 19.3. The van der Waals surface area contributed by atoms with Gasteiger partial charge in [0.15, 0.2) is 0 Å². The molecule has 0 saturated carbocycles. The zero-order chi connectivity index (χ0) is 13.7. The molecule has 0 N–H and O–H groups in total. The van der Waals surface area contributed by atoms with E-state index in [4.69, 9.17) is 5.26 Å². The molecule has 0 bridgehead atoms. The Kier molecular flexibility index (Phi) is 4.94. The standard InChI is InChI=1S/C14H19N3OS/c1-16(7-3-6-15)14(18)10-17-8-2-4-13(17)12-5-9-19-11-12/h5,9,11,13H,2-4,7-8,10H2,1H3/t13-/m0/s1. The van der Waals surface area contributed by atoms with E-state index < -0.39 is 0 Å². The second-order valence-corrected chi connectivity index (χ2v) is 5.69. The predicted octanol–water partition coefficient (Wildman–Crippen LogP) is 2.26. The largest absolute Gasteiger partial charge is 0.344 e. The Morgan fingerprint density at radius 1 is 1.68 bits per heavy atom. The smallest absolute Gasteiger partial charge is 0.236 e. The quantitative estimate of drug-likeness (QED) is 0.829. The van der Waals surface area contributed by atoms with Gasteiger partial charge >= 0.3 is 0 Å². The Hall–Kier alpha value is -1.38. The molecular weight excluding hydrogens is 258 g/mol. The number of carbonyl (C=O) groups is 1. The van der Waals surface area contributed by atoms with Crippen LogP contribution < -0.4 is 0 Å². The fraction of sp³-hybridized carbons (Fsp3) is 0.571. The van der Waals surface area contributed by atoms with Crippen molar-refractivity contribution in [3.8, 4) is 6.07 Å². The third kappa shape index (κ3) is 3.55. The van der Waals surface area contributed by atoms with E-state index in [1.165, 1.54) is 5.56 Å². The lowest BCUT2D eigenvalue weighted by atomic mass is 10.1. The number of likely N-dealkylation sites (N-methyl/N-ethyl adjacent to an activating group) is 1. The van der Waals surface area contributed by atoms with E-state index in [9.17, 15) is 4.79 Å². The summed E-state index contributed by atoms with van der Waals surface area (Å²) in [6.07, 6.45) is 2.68. The molecule has 0 aromatic carbocycles. The number of hydrogen-bond donors (Lipinski definition) is 0. The van der Waals surface area contributed by atoms with Gasteiger partial charge in [0, 0.05) is 19.6 Å². The number of hydrogen-bond acceptors (Lipinski definition) is 4.